The fourth-order valence-corrected chi connectivity index (χ4v) is 0. The minimum absolute atomic E-state index is 3.76. The van der Waals surface area contributed by atoms with E-state index in [2.05, 4.69) is 0 Å². The van der Waals surface area contributed by atoms with Crippen LogP contribution in [-0.2, 0) is 15.3 Å². The van der Waals surface area contributed by atoms with Crippen LogP contribution < -0.4 is 0 Å². The molecular weight excluding hydrogens is 222 g/mol. The van der Waals surface area contributed by atoms with E-state index in [-0.39, 0.29) is 0 Å². The van der Waals surface area contributed by atoms with Gasteiger partial charge < -0.3 is 0 Å². The van der Waals surface area contributed by atoms with Gasteiger partial charge in [-0.3, -0.25) is 0 Å². The second-order valence-corrected chi connectivity index (χ2v) is 9.59. The van der Waals surface area contributed by atoms with E-state index in [0.29, 0.717) is 0 Å². The first kappa shape index (κ1) is 6.24. The van der Waals surface area contributed by atoms with E-state index >= 15 is 0 Å². The van der Waals surface area contributed by atoms with Crippen LogP contribution in [0.4, 0.5) is 0 Å². The zero-order chi connectivity index (χ0) is 5.15. The second kappa shape index (κ2) is 2.42. The summed E-state index contributed by atoms with van der Waals surface area (Å²) in [6, 6.07) is 0. The molecule has 0 N–H and O–H groups in total. The predicted octanol–water partition coefficient (Wildman–Crippen LogP) is -1.77. The average molecular weight is 224 g/mol. The molecule has 0 amide bonds. The van der Waals surface area contributed by atoms with Crippen molar-refractivity contribution in [2.24, 2.45) is 0 Å². The molecule has 0 rings (SSSR count). The fraction of sp³-hybridized carbons (Fsp3) is 0. The average Bonchev–Trinajstić information content (AvgIpc) is 1.36. The standard InChI is InChI=1S/H2O4Se2/c1-5(2)6(3)4/h5-6H. The summed E-state index contributed by atoms with van der Waals surface area (Å²) in [5, 5.41) is 0. The number of hydrogen-bond acceptors (Lipinski definition) is 4. The van der Waals surface area contributed by atoms with Crippen molar-refractivity contribution >= 4 is 23.9 Å². The van der Waals surface area contributed by atoms with Gasteiger partial charge in [0.2, 0.25) is 0 Å². The molecule has 38 valence electrons. The Balaban J connectivity index is 4.38. The van der Waals surface area contributed by atoms with Gasteiger partial charge in [-0.15, -0.1) is 0 Å². The summed E-state index contributed by atoms with van der Waals surface area (Å²) in [5.41, 5.74) is 0. The van der Waals surface area contributed by atoms with Gasteiger partial charge in [-0.05, 0) is 0 Å². The monoisotopic (exact) mass is 226 g/mol. The van der Waals surface area contributed by atoms with Gasteiger partial charge in [0, 0.05) is 0 Å². The number of hydrogen-bond donors (Lipinski definition) is 0. The Morgan fingerprint density at radius 3 is 0.833 bits per heavy atom. The molecule has 6 heteroatoms. The van der Waals surface area contributed by atoms with Crippen LogP contribution in [-0.4, -0.2) is 23.9 Å². The molecule has 6 heavy (non-hydrogen) atoms. The molecule has 4 nitrogen and oxygen atoms in total. The van der Waals surface area contributed by atoms with Gasteiger partial charge in [0.1, 0.15) is 0 Å². The van der Waals surface area contributed by atoms with E-state index in [0.717, 1.165) is 0 Å². The van der Waals surface area contributed by atoms with Gasteiger partial charge in [0.15, 0.2) is 0 Å². The van der Waals surface area contributed by atoms with Gasteiger partial charge in [-0.1, -0.05) is 0 Å². The normalized spacial score (nSPS) is 10.3. The molecule has 0 fully saturated rings. The van der Waals surface area contributed by atoms with Crippen LogP contribution in [0.25, 0.3) is 0 Å². The molecule has 0 spiro atoms. The topological polar surface area (TPSA) is 68.3 Å². The van der Waals surface area contributed by atoms with E-state index in [4.69, 9.17) is 0 Å². The Bertz CT molecular complexity index is 122. The van der Waals surface area contributed by atoms with Crippen LogP contribution in [0.15, 0.2) is 0 Å². The van der Waals surface area contributed by atoms with E-state index in [9.17, 15) is 15.3 Å². The summed E-state index contributed by atoms with van der Waals surface area (Å²) in [6.45, 7) is 0. The number of rotatable bonds is 1. The molecule has 0 radical (unpaired) electrons. The van der Waals surface area contributed by atoms with E-state index in [1.54, 1.807) is 0 Å². The summed E-state index contributed by atoms with van der Waals surface area (Å²) in [7, 11) is 0. The third-order valence-corrected chi connectivity index (χ3v) is 3.60. The first-order valence-electron chi connectivity index (χ1n) is 0.930. The maximum atomic E-state index is 9.26. The van der Waals surface area contributed by atoms with Crippen LogP contribution in [0, 0.1) is 0 Å². The van der Waals surface area contributed by atoms with Crippen molar-refractivity contribution in [3.05, 3.63) is 0 Å². The third kappa shape index (κ3) is 2.47. The van der Waals surface area contributed by atoms with Crippen LogP contribution in [0.5, 0.6) is 0 Å². The van der Waals surface area contributed by atoms with Crippen LogP contribution in [0.1, 0.15) is 0 Å². The zero-order valence-electron chi connectivity index (χ0n) is 2.53. The molecule has 0 aliphatic heterocycles. The Labute approximate surface area is 39.7 Å². The van der Waals surface area contributed by atoms with Crippen LogP contribution in [0.2, 0.25) is 0 Å². The molecule has 0 bridgehead atoms. The Hall–Kier alpha value is 0.239. The van der Waals surface area contributed by atoms with Crippen molar-refractivity contribution in [2.45, 2.75) is 0 Å². The Morgan fingerprint density at radius 2 is 0.833 bits per heavy atom. The second-order valence-electron chi connectivity index (χ2n) is 0.476. The minimum atomic E-state index is -3.76. The summed E-state index contributed by atoms with van der Waals surface area (Å²) in [5.74, 6) is 0. The van der Waals surface area contributed by atoms with E-state index in [1.165, 1.54) is 0 Å². The predicted molar refractivity (Wildman–Crippen MR) is 17.0 cm³/mol. The Morgan fingerprint density at radius 1 is 0.667 bits per heavy atom. The molecule has 0 heterocycles. The first-order valence-corrected chi connectivity index (χ1v) is 9.19. The van der Waals surface area contributed by atoms with Crippen molar-refractivity contribution in [1.82, 2.24) is 0 Å². The SMILES string of the molecule is O=[SeH](=O)[SeH](=O)=O. The summed E-state index contributed by atoms with van der Waals surface area (Å²) < 4.78 is 37.0. The molecule has 0 atom stereocenters. The van der Waals surface area contributed by atoms with Crippen molar-refractivity contribution in [3.8, 4) is 0 Å². The van der Waals surface area contributed by atoms with Gasteiger partial charge in [0.25, 0.3) is 0 Å². The fourth-order valence-electron chi connectivity index (χ4n) is 0. The molecule has 0 aromatic carbocycles. The van der Waals surface area contributed by atoms with E-state index < -0.39 is 23.9 Å². The van der Waals surface area contributed by atoms with Gasteiger partial charge in [-0.2, -0.15) is 0 Å². The van der Waals surface area contributed by atoms with Crippen molar-refractivity contribution in [2.75, 3.05) is 0 Å². The molecule has 0 unspecified atom stereocenters. The van der Waals surface area contributed by atoms with Gasteiger partial charge in [0.05, 0.1) is 0 Å². The summed E-state index contributed by atoms with van der Waals surface area (Å²) >= 11 is -7.53. The molecule has 0 saturated carbocycles. The first-order chi connectivity index (χ1) is 2.64. The van der Waals surface area contributed by atoms with Gasteiger partial charge in [-0.25, -0.2) is 0 Å². The quantitative estimate of drug-likeness (QED) is 0.494. The van der Waals surface area contributed by atoms with Crippen molar-refractivity contribution in [3.63, 3.8) is 0 Å². The maximum absolute atomic E-state index is 9.26. The van der Waals surface area contributed by atoms with Gasteiger partial charge >= 0.3 is 39.2 Å². The van der Waals surface area contributed by atoms with Crippen molar-refractivity contribution < 1.29 is 15.3 Å². The summed E-state index contributed by atoms with van der Waals surface area (Å²) in [4.78, 5) is 0. The Kier molecular flexibility index (Phi) is 2.51. The molecule has 0 aliphatic carbocycles. The molecule has 0 aromatic rings. The van der Waals surface area contributed by atoms with E-state index in [1.807, 2.05) is 0 Å². The zero-order valence-corrected chi connectivity index (χ0v) is 6.28. The third-order valence-electron chi connectivity index (χ3n) is 0.133. The molecule has 0 aromatic heterocycles. The van der Waals surface area contributed by atoms with Crippen molar-refractivity contribution in [1.29, 1.82) is 0 Å². The molecule has 0 aliphatic rings. The van der Waals surface area contributed by atoms with Crippen LogP contribution >= 0.6 is 0 Å². The van der Waals surface area contributed by atoms with Crippen LogP contribution in [0.3, 0.4) is 0 Å². The molecular formula is H2O4Se2. The molecule has 0 saturated heterocycles. The summed E-state index contributed by atoms with van der Waals surface area (Å²) in [6.07, 6.45) is 0.